The molecule has 1 aromatic heterocycles. The topological polar surface area (TPSA) is 53.1 Å². The highest BCUT2D eigenvalue weighted by Gasteiger charge is 2.50. The Bertz CT molecular complexity index is 696. The molecule has 0 radical (unpaired) electrons. The number of nitrogens with two attached hydrogens (primary N) is 1. The largest absolute Gasteiger partial charge is 0.378 e. The summed E-state index contributed by atoms with van der Waals surface area (Å²) in [6.45, 7) is 7.14. The molecule has 2 unspecified atom stereocenters. The number of nitrogen functional groups attached to an aromatic ring is 1. The van der Waals surface area contributed by atoms with Crippen molar-refractivity contribution in [2.75, 3.05) is 12.3 Å². The van der Waals surface area contributed by atoms with E-state index in [9.17, 15) is 0 Å². The Morgan fingerprint density at radius 3 is 2.67 bits per heavy atom. The van der Waals surface area contributed by atoms with Crippen LogP contribution in [-0.2, 0) is 4.74 Å². The summed E-state index contributed by atoms with van der Waals surface area (Å²) in [4.78, 5) is 4.41. The molecule has 4 nitrogen and oxygen atoms in total. The van der Waals surface area contributed by atoms with Gasteiger partial charge >= 0.3 is 0 Å². The van der Waals surface area contributed by atoms with Gasteiger partial charge in [-0.05, 0) is 25.5 Å². The number of rotatable bonds is 3. The summed E-state index contributed by atoms with van der Waals surface area (Å²) in [6.07, 6.45) is 1.17. The van der Waals surface area contributed by atoms with Crippen LogP contribution in [0.2, 0.25) is 10.0 Å². The van der Waals surface area contributed by atoms with Crippen molar-refractivity contribution in [1.82, 2.24) is 9.55 Å². The quantitative estimate of drug-likeness (QED) is 0.914. The zero-order chi connectivity index (χ0) is 15.4. The molecule has 21 heavy (non-hydrogen) atoms. The lowest BCUT2D eigenvalue weighted by atomic mass is 9.64. The lowest BCUT2D eigenvalue weighted by Gasteiger charge is -2.52. The zero-order valence-corrected chi connectivity index (χ0v) is 13.9. The second-order valence-electron chi connectivity index (χ2n) is 6.11. The Morgan fingerprint density at radius 2 is 2.05 bits per heavy atom. The molecule has 0 spiro atoms. The van der Waals surface area contributed by atoms with E-state index in [4.69, 9.17) is 33.7 Å². The number of ether oxygens (including phenoxy) is 1. The molecule has 1 aliphatic carbocycles. The van der Waals surface area contributed by atoms with E-state index in [0.29, 0.717) is 16.0 Å². The van der Waals surface area contributed by atoms with Crippen LogP contribution >= 0.6 is 23.2 Å². The predicted molar refractivity (Wildman–Crippen MR) is 87.0 cm³/mol. The third kappa shape index (κ3) is 2.20. The Kier molecular flexibility index (Phi) is 3.59. The van der Waals surface area contributed by atoms with E-state index in [2.05, 4.69) is 23.4 Å². The molecule has 6 heteroatoms. The first kappa shape index (κ1) is 14.9. The van der Waals surface area contributed by atoms with Crippen molar-refractivity contribution in [3.63, 3.8) is 0 Å². The number of aromatic nitrogens is 2. The van der Waals surface area contributed by atoms with E-state index in [1.165, 1.54) is 0 Å². The van der Waals surface area contributed by atoms with Gasteiger partial charge in [0.05, 0.1) is 27.2 Å². The minimum atomic E-state index is 0.00384. The van der Waals surface area contributed by atoms with Crippen LogP contribution in [0, 0.1) is 5.41 Å². The molecular formula is C15H19Cl2N3O. The first-order valence-corrected chi connectivity index (χ1v) is 7.86. The van der Waals surface area contributed by atoms with Crippen LogP contribution < -0.4 is 5.73 Å². The van der Waals surface area contributed by atoms with Crippen LogP contribution in [0.15, 0.2) is 12.1 Å². The average Bonchev–Trinajstić information content (AvgIpc) is 2.70. The second-order valence-corrected chi connectivity index (χ2v) is 6.93. The molecular weight excluding hydrogens is 309 g/mol. The standard InChI is InChI=1S/C15H19Cl2N3O/c1-4-21-13-7-12(15(13,2)3)20-11-6-9(17)8(16)5-10(11)19-14(20)18/h5-6,12-13H,4,7H2,1-3H3,(H2,18,19). The predicted octanol–water partition coefficient (Wildman–Crippen LogP) is 4.30. The van der Waals surface area contributed by atoms with Crippen LogP contribution in [0.25, 0.3) is 11.0 Å². The van der Waals surface area contributed by atoms with Crippen LogP contribution in [0.4, 0.5) is 5.95 Å². The summed E-state index contributed by atoms with van der Waals surface area (Å²) in [5.41, 5.74) is 7.83. The number of imidazole rings is 1. The molecule has 3 rings (SSSR count). The van der Waals surface area contributed by atoms with E-state index in [-0.39, 0.29) is 17.6 Å². The Labute approximate surface area is 134 Å². The van der Waals surface area contributed by atoms with Gasteiger partial charge < -0.3 is 15.0 Å². The van der Waals surface area contributed by atoms with Crippen LogP contribution in [-0.4, -0.2) is 22.3 Å². The lowest BCUT2D eigenvalue weighted by Crippen LogP contribution is -2.51. The third-order valence-electron chi connectivity index (χ3n) is 4.56. The highest BCUT2D eigenvalue weighted by Crippen LogP contribution is 2.53. The van der Waals surface area contributed by atoms with Gasteiger partial charge in [-0.2, -0.15) is 0 Å². The molecule has 2 atom stereocenters. The van der Waals surface area contributed by atoms with Crippen molar-refractivity contribution in [3.8, 4) is 0 Å². The van der Waals surface area contributed by atoms with Gasteiger partial charge in [-0.3, -0.25) is 0 Å². The van der Waals surface area contributed by atoms with Crippen molar-refractivity contribution in [2.24, 2.45) is 5.41 Å². The summed E-state index contributed by atoms with van der Waals surface area (Å²) in [5, 5.41) is 1.01. The fraction of sp³-hybridized carbons (Fsp3) is 0.533. The number of nitrogens with zero attached hydrogens (tertiary/aromatic N) is 2. The van der Waals surface area contributed by atoms with Gasteiger partial charge in [0.15, 0.2) is 0 Å². The van der Waals surface area contributed by atoms with Gasteiger partial charge in [0, 0.05) is 18.1 Å². The van der Waals surface area contributed by atoms with Gasteiger partial charge in [-0.25, -0.2) is 4.98 Å². The fourth-order valence-electron chi connectivity index (χ4n) is 3.22. The smallest absolute Gasteiger partial charge is 0.201 e. The van der Waals surface area contributed by atoms with Crippen LogP contribution in [0.1, 0.15) is 33.2 Å². The minimum Gasteiger partial charge on any atom is -0.378 e. The fourth-order valence-corrected chi connectivity index (χ4v) is 3.54. The monoisotopic (exact) mass is 327 g/mol. The van der Waals surface area contributed by atoms with Crippen LogP contribution in [0.3, 0.4) is 0 Å². The molecule has 0 aliphatic heterocycles. The Morgan fingerprint density at radius 1 is 1.38 bits per heavy atom. The number of halogens is 2. The molecule has 1 heterocycles. The number of hydrogen-bond donors (Lipinski definition) is 1. The SMILES string of the molecule is CCOC1CC(n2c(N)nc3cc(Cl)c(Cl)cc32)C1(C)C. The van der Waals surface area contributed by atoms with E-state index < -0.39 is 0 Å². The average molecular weight is 328 g/mol. The van der Waals surface area contributed by atoms with Crippen molar-refractivity contribution in [2.45, 2.75) is 39.3 Å². The van der Waals surface area contributed by atoms with E-state index in [1.54, 1.807) is 6.07 Å². The summed E-state index contributed by atoms with van der Waals surface area (Å²) in [6, 6.07) is 3.85. The molecule has 1 saturated carbocycles. The van der Waals surface area contributed by atoms with Crippen molar-refractivity contribution >= 4 is 40.2 Å². The molecule has 114 valence electrons. The first-order chi connectivity index (χ1) is 9.86. The number of anilines is 1. The highest BCUT2D eigenvalue weighted by atomic mass is 35.5. The molecule has 2 aromatic rings. The highest BCUT2D eigenvalue weighted by molar-refractivity contribution is 6.42. The maximum atomic E-state index is 6.15. The summed E-state index contributed by atoms with van der Waals surface area (Å²) in [5.74, 6) is 0.497. The summed E-state index contributed by atoms with van der Waals surface area (Å²) < 4.78 is 7.86. The van der Waals surface area contributed by atoms with Gasteiger partial charge in [-0.15, -0.1) is 0 Å². The van der Waals surface area contributed by atoms with E-state index >= 15 is 0 Å². The molecule has 0 amide bonds. The molecule has 0 bridgehead atoms. The molecule has 1 fully saturated rings. The minimum absolute atomic E-state index is 0.00384. The maximum Gasteiger partial charge on any atom is 0.201 e. The summed E-state index contributed by atoms with van der Waals surface area (Å²) >= 11 is 12.2. The first-order valence-electron chi connectivity index (χ1n) is 7.10. The number of fused-ring (bicyclic) bond motifs is 1. The van der Waals surface area contributed by atoms with Crippen molar-refractivity contribution in [3.05, 3.63) is 22.2 Å². The third-order valence-corrected chi connectivity index (χ3v) is 5.29. The number of hydrogen-bond acceptors (Lipinski definition) is 3. The molecule has 1 aliphatic rings. The van der Waals surface area contributed by atoms with Gasteiger partial charge in [0.2, 0.25) is 5.95 Å². The lowest BCUT2D eigenvalue weighted by molar-refractivity contribution is -0.126. The summed E-state index contributed by atoms with van der Waals surface area (Å²) in [7, 11) is 0. The Hall–Kier alpha value is -0.970. The normalized spacial score (nSPS) is 24.2. The van der Waals surface area contributed by atoms with Crippen molar-refractivity contribution in [1.29, 1.82) is 0 Å². The Balaban J connectivity index is 2.06. The molecule has 2 N–H and O–H groups in total. The van der Waals surface area contributed by atoms with Gasteiger partial charge in [0.25, 0.3) is 0 Å². The molecule has 1 aromatic carbocycles. The van der Waals surface area contributed by atoms with E-state index in [1.807, 2.05) is 13.0 Å². The van der Waals surface area contributed by atoms with Gasteiger partial charge in [0.1, 0.15) is 0 Å². The van der Waals surface area contributed by atoms with Gasteiger partial charge in [-0.1, -0.05) is 37.0 Å². The maximum absolute atomic E-state index is 6.15. The van der Waals surface area contributed by atoms with E-state index in [0.717, 1.165) is 24.1 Å². The van der Waals surface area contributed by atoms with Crippen LogP contribution in [0.5, 0.6) is 0 Å². The zero-order valence-electron chi connectivity index (χ0n) is 12.4. The number of benzene rings is 1. The van der Waals surface area contributed by atoms with Crippen molar-refractivity contribution < 1.29 is 4.74 Å². The molecule has 0 saturated heterocycles. The second kappa shape index (κ2) is 5.04.